The fourth-order valence-corrected chi connectivity index (χ4v) is 2.91. The SMILES string of the molecule is CCC(C)Sc1nnc(-c2cn(C)nc2OC)n1CCOC. The van der Waals surface area contributed by atoms with Gasteiger partial charge in [-0.1, -0.05) is 25.6 Å². The molecule has 0 N–H and O–H groups in total. The highest BCUT2D eigenvalue weighted by atomic mass is 32.2. The fraction of sp³-hybridized carbons (Fsp3) is 0.643. The number of hydrogen-bond acceptors (Lipinski definition) is 6. The van der Waals surface area contributed by atoms with Gasteiger partial charge in [0.25, 0.3) is 0 Å². The predicted octanol–water partition coefficient (Wildman–Crippen LogP) is 2.22. The van der Waals surface area contributed by atoms with Crippen LogP contribution in [0.3, 0.4) is 0 Å². The van der Waals surface area contributed by atoms with Crippen LogP contribution in [0.4, 0.5) is 0 Å². The summed E-state index contributed by atoms with van der Waals surface area (Å²) in [7, 11) is 5.16. The van der Waals surface area contributed by atoms with E-state index in [1.54, 1.807) is 30.7 Å². The van der Waals surface area contributed by atoms with Crippen LogP contribution in [0.2, 0.25) is 0 Å². The van der Waals surface area contributed by atoms with Crippen molar-refractivity contribution in [2.75, 3.05) is 20.8 Å². The molecular weight excluding hydrogens is 302 g/mol. The Labute approximate surface area is 135 Å². The zero-order valence-corrected chi connectivity index (χ0v) is 14.6. The maximum absolute atomic E-state index is 5.34. The molecule has 2 aromatic heterocycles. The van der Waals surface area contributed by atoms with Crippen LogP contribution in [0.15, 0.2) is 11.4 Å². The van der Waals surface area contributed by atoms with E-state index in [0.717, 1.165) is 23.0 Å². The van der Waals surface area contributed by atoms with Gasteiger partial charge in [-0.2, -0.15) is 0 Å². The molecular formula is C14H23N5O2S. The Morgan fingerprint density at radius 3 is 2.73 bits per heavy atom. The highest BCUT2D eigenvalue weighted by Crippen LogP contribution is 2.31. The van der Waals surface area contributed by atoms with E-state index >= 15 is 0 Å². The second kappa shape index (κ2) is 7.64. The van der Waals surface area contributed by atoms with Crippen LogP contribution in [0.25, 0.3) is 11.4 Å². The molecule has 0 amide bonds. The molecule has 0 bridgehead atoms. The van der Waals surface area contributed by atoms with Crippen molar-refractivity contribution in [3.63, 3.8) is 0 Å². The van der Waals surface area contributed by atoms with Crippen LogP contribution in [-0.2, 0) is 18.3 Å². The molecule has 122 valence electrons. The summed E-state index contributed by atoms with van der Waals surface area (Å²) in [6, 6.07) is 0. The topological polar surface area (TPSA) is 67.0 Å². The summed E-state index contributed by atoms with van der Waals surface area (Å²) in [5.41, 5.74) is 0.838. The van der Waals surface area contributed by atoms with Crippen molar-refractivity contribution in [1.29, 1.82) is 0 Å². The summed E-state index contributed by atoms with van der Waals surface area (Å²) >= 11 is 1.72. The number of thioether (sulfide) groups is 1. The van der Waals surface area contributed by atoms with Gasteiger partial charge in [0.05, 0.1) is 20.3 Å². The average Bonchev–Trinajstić information content (AvgIpc) is 3.07. The Bertz CT molecular complexity index is 610. The molecule has 1 unspecified atom stereocenters. The molecule has 0 saturated carbocycles. The van der Waals surface area contributed by atoms with Crippen molar-refractivity contribution in [1.82, 2.24) is 24.5 Å². The fourth-order valence-electron chi connectivity index (χ4n) is 1.99. The zero-order valence-electron chi connectivity index (χ0n) is 13.7. The molecule has 2 aromatic rings. The van der Waals surface area contributed by atoms with Gasteiger partial charge in [-0.25, -0.2) is 0 Å². The van der Waals surface area contributed by atoms with E-state index in [9.17, 15) is 0 Å². The van der Waals surface area contributed by atoms with Gasteiger partial charge in [0, 0.05) is 25.6 Å². The summed E-state index contributed by atoms with van der Waals surface area (Å²) in [5, 5.41) is 14.4. The molecule has 22 heavy (non-hydrogen) atoms. The number of aromatic nitrogens is 5. The third-order valence-electron chi connectivity index (χ3n) is 3.35. The first-order valence-electron chi connectivity index (χ1n) is 7.27. The lowest BCUT2D eigenvalue weighted by Gasteiger charge is -2.11. The lowest BCUT2D eigenvalue weighted by atomic mass is 10.3. The van der Waals surface area contributed by atoms with E-state index in [-0.39, 0.29) is 0 Å². The molecule has 0 aliphatic carbocycles. The van der Waals surface area contributed by atoms with Gasteiger partial charge >= 0.3 is 0 Å². The van der Waals surface area contributed by atoms with Gasteiger partial charge < -0.3 is 9.47 Å². The highest BCUT2D eigenvalue weighted by molar-refractivity contribution is 7.99. The molecule has 7 nitrogen and oxygen atoms in total. The monoisotopic (exact) mass is 325 g/mol. The largest absolute Gasteiger partial charge is 0.479 e. The van der Waals surface area contributed by atoms with Gasteiger partial charge in [-0.15, -0.1) is 15.3 Å². The van der Waals surface area contributed by atoms with Crippen LogP contribution >= 0.6 is 11.8 Å². The Balaban J connectivity index is 2.41. The van der Waals surface area contributed by atoms with Gasteiger partial charge in [-0.05, 0) is 6.42 Å². The Morgan fingerprint density at radius 2 is 2.09 bits per heavy atom. The summed E-state index contributed by atoms with van der Waals surface area (Å²) in [6.45, 7) is 5.64. The first kappa shape index (κ1) is 16.8. The summed E-state index contributed by atoms with van der Waals surface area (Å²) in [6.07, 6.45) is 2.97. The van der Waals surface area contributed by atoms with Crippen molar-refractivity contribution in [2.45, 2.75) is 37.2 Å². The maximum Gasteiger partial charge on any atom is 0.243 e. The van der Waals surface area contributed by atoms with Crippen LogP contribution in [0.5, 0.6) is 5.88 Å². The summed E-state index contributed by atoms with van der Waals surface area (Å²) in [5.74, 6) is 1.31. The molecule has 0 saturated heterocycles. The van der Waals surface area contributed by atoms with Crippen molar-refractivity contribution in [3.8, 4) is 17.3 Å². The van der Waals surface area contributed by atoms with E-state index in [2.05, 4.69) is 33.7 Å². The molecule has 0 spiro atoms. The number of hydrogen-bond donors (Lipinski definition) is 0. The molecule has 2 rings (SSSR count). The number of ether oxygens (including phenoxy) is 2. The predicted molar refractivity (Wildman–Crippen MR) is 86.3 cm³/mol. The third-order valence-corrected chi connectivity index (χ3v) is 4.60. The Hall–Kier alpha value is -1.54. The first-order valence-corrected chi connectivity index (χ1v) is 8.15. The van der Waals surface area contributed by atoms with Crippen molar-refractivity contribution in [3.05, 3.63) is 6.20 Å². The zero-order chi connectivity index (χ0) is 16.1. The first-order chi connectivity index (χ1) is 10.6. The smallest absolute Gasteiger partial charge is 0.243 e. The van der Waals surface area contributed by atoms with E-state index < -0.39 is 0 Å². The van der Waals surface area contributed by atoms with Gasteiger partial charge in [0.15, 0.2) is 11.0 Å². The van der Waals surface area contributed by atoms with E-state index in [0.29, 0.717) is 24.3 Å². The molecule has 0 aliphatic rings. The Kier molecular flexibility index (Phi) is 5.84. The van der Waals surface area contributed by atoms with E-state index in [4.69, 9.17) is 9.47 Å². The maximum atomic E-state index is 5.34. The lowest BCUT2D eigenvalue weighted by molar-refractivity contribution is 0.185. The van der Waals surface area contributed by atoms with Crippen molar-refractivity contribution >= 4 is 11.8 Å². The van der Waals surface area contributed by atoms with Crippen LogP contribution in [-0.4, -0.2) is 50.6 Å². The molecule has 0 fully saturated rings. The molecule has 8 heteroatoms. The molecule has 2 heterocycles. The van der Waals surface area contributed by atoms with Crippen LogP contribution in [0.1, 0.15) is 20.3 Å². The second-order valence-corrected chi connectivity index (χ2v) is 6.42. The number of nitrogens with zero attached hydrogens (tertiary/aromatic N) is 5. The van der Waals surface area contributed by atoms with Crippen LogP contribution < -0.4 is 4.74 Å². The minimum Gasteiger partial charge on any atom is -0.479 e. The summed E-state index contributed by atoms with van der Waals surface area (Å²) in [4.78, 5) is 0. The normalized spacial score (nSPS) is 12.6. The highest BCUT2D eigenvalue weighted by Gasteiger charge is 2.21. The lowest BCUT2D eigenvalue weighted by Crippen LogP contribution is -2.09. The quantitative estimate of drug-likeness (QED) is 0.693. The van der Waals surface area contributed by atoms with Crippen molar-refractivity contribution < 1.29 is 9.47 Å². The molecule has 0 aliphatic heterocycles. The second-order valence-electron chi connectivity index (χ2n) is 5.01. The van der Waals surface area contributed by atoms with Crippen LogP contribution in [0, 0.1) is 0 Å². The van der Waals surface area contributed by atoms with Gasteiger partial charge in [0.1, 0.15) is 5.56 Å². The number of aryl methyl sites for hydroxylation is 1. The number of methoxy groups -OCH3 is 2. The van der Waals surface area contributed by atoms with E-state index in [1.807, 2.05) is 13.2 Å². The average molecular weight is 325 g/mol. The minimum absolute atomic E-state index is 0.481. The Morgan fingerprint density at radius 1 is 1.32 bits per heavy atom. The van der Waals surface area contributed by atoms with Crippen molar-refractivity contribution in [2.24, 2.45) is 7.05 Å². The third kappa shape index (κ3) is 3.61. The minimum atomic E-state index is 0.481. The molecule has 1 atom stereocenters. The standard InChI is InChI=1S/C14H23N5O2S/c1-6-10(2)22-14-16-15-12(19(14)7-8-20-4)11-9-18(3)17-13(11)21-5/h9-10H,6-8H2,1-5H3. The summed E-state index contributed by atoms with van der Waals surface area (Å²) < 4.78 is 14.3. The number of rotatable bonds is 8. The van der Waals surface area contributed by atoms with E-state index in [1.165, 1.54) is 0 Å². The van der Waals surface area contributed by atoms with Gasteiger partial charge in [-0.3, -0.25) is 9.25 Å². The van der Waals surface area contributed by atoms with Gasteiger partial charge in [0.2, 0.25) is 5.88 Å². The molecule has 0 aromatic carbocycles. The molecule has 0 radical (unpaired) electrons.